The van der Waals surface area contributed by atoms with Crippen LogP contribution < -0.4 is 0 Å². The maximum atomic E-state index is 9.92. The summed E-state index contributed by atoms with van der Waals surface area (Å²) < 4.78 is 15.5. The molecule has 3 fully saturated rings. The highest BCUT2D eigenvalue weighted by Gasteiger charge is 2.66. The number of hydrogen-bond acceptors (Lipinski definition) is 2. The zero-order chi connectivity index (χ0) is 10.9. The maximum Gasteiger partial charge on any atom is 0.0624 e. The third-order valence-electron chi connectivity index (χ3n) is 4.24. The van der Waals surface area contributed by atoms with Crippen LogP contribution in [0, 0.1) is 5.41 Å². The number of rotatable bonds is 1. The Morgan fingerprint density at radius 3 is 2.92 bits per heavy atom. The topological polar surface area (TPSA) is 23.5 Å². The lowest BCUT2D eigenvalue weighted by Gasteiger charge is -2.35. The summed E-state index contributed by atoms with van der Waals surface area (Å²) in [4.78, 5) is 2.13. The molecule has 1 aliphatic carbocycles. The van der Waals surface area contributed by atoms with Crippen LogP contribution in [-0.4, -0.2) is 35.2 Å². The smallest absolute Gasteiger partial charge is 0.0624 e. The van der Waals surface area contributed by atoms with Crippen LogP contribution in [0.3, 0.4) is 0 Å². The average molecular weight is 181 g/mol. The third kappa shape index (κ3) is 0.767. The van der Waals surface area contributed by atoms with Crippen molar-refractivity contribution >= 4 is 0 Å². The highest BCUT2D eigenvalue weighted by Crippen LogP contribution is 2.65. The standard InChI is InChI=1S/C11H17NO/c1-9-6-11(8-13)10(2-3-10)4-5-12(11)7-9/h13H,1-8H2/t11-/m0/s1/i8D2. The summed E-state index contributed by atoms with van der Waals surface area (Å²) in [7, 11) is 0. The molecule has 0 aromatic rings. The van der Waals surface area contributed by atoms with Crippen LogP contribution in [0.2, 0.25) is 0 Å². The molecule has 1 saturated carbocycles. The number of hydrogen-bond donors (Lipinski definition) is 1. The molecule has 2 aliphatic heterocycles. The Labute approximate surface area is 82.0 Å². The van der Waals surface area contributed by atoms with E-state index in [2.05, 4.69) is 11.5 Å². The Hall–Kier alpha value is -0.340. The van der Waals surface area contributed by atoms with Gasteiger partial charge in [-0.1, -0.05) is 12.2 Å². The highest BCUT2D eigenvalue weighted by atomic mass is 16.3. The van der Waals surface area contributed by atoms with Gasteiger partial charge in [-0.2, -0.15) is 0 Å². The van der Waals surface area contributed by atoms with E-state index in [0.717, 1.165) is 37.9 Å². The van der Waals surface area contributed by atoms with Gasteiger partial charge < -0.3 is 5.11 Å². The summed E-state index contributed by atoms with van der Waals surface area (Å²) in [5.74, 6) is 0. The molecule has 0 aromatic carbocycles. The first kappa shape index (κ1) is 6.20. The minimum Gasteiger partial charge on any atom is -0.394 e. The fourth-order valence-electron chi connectivity index (χ4n) is 3.33. The minimum atomic E-state index is -2.10. The summed E-state index contributed by atoms with van der Waals surface area (Å²) >= 11 is 0. The second-order valence-corrected chi connectivity index (χ2v) is 4.85. The summed E-state index contributed by atoms with van der Waals surface area (Å²) in [6.07, 6.45) is 3.81. The van der Waals surface area contributed by atoms with E-state index in [1.165, 1.54) is 0 Å². The number of fused-ring (bicyclic) bond motifs is 2. The number of aliphatic hydroxyl groups is 1. The zero-order valence-corrected chi connectivity index (χ0v) is 7.84. The van der Waals surface area contributed by atoms with E-state index in [-0.39, 0.29) is 5.41 Å². The van der Waals surface area contributed by atoms with Crippen LogP contribution in [0.5, 0.6) is 0 Å². The quantitative estimate of drug-likeness (QED) is 0.614. The SMILES string of the molecule is [2H]C([2H])(O)[C@]12CC(=C)CN1CCC21CC1. The molecule has 2 nitrogen and oxygen atoms in total. The van der Waals surface area contributed by atoms with E-state index in [0.29, 0.717) is 6.42 Å². The molecule has 3 aliphatic rings. The van der Waals surface area contributed by atoms with Crippen molar-refractivity contribution in [2.75, 3.05) is 19.6 Å². The minimum absolute atomic E-state index is 0.0463. The van der Waals surface area contributed by atoms with Crippen molar-refractivity contribution in [3.05, 3.63) is 12.2 Å². The van der Waals surface area contributed by atoms with Crippen molar-refractivity contribution in [2.45, 2.75) is 31.2 Å². The summed E-state index contributed by atoms with van der Waals surface area (Å²) in [6.45, 7) is 3.55. The normalized spacial score (nSPS) is 44.8. The molecule has 1 spiro atoms. The van der Waals surface area contributed by atoms with Crippen molar-refractivity contribution in [2.24, 2.45) is 5.41 Å². The molecule has 72 valence electrons. The van der Waals surface area contributed by atoms with Gasteiger partial charge in [0, 0.05) is 6.54 Å². The van der Waals surface area contributed by atoms with E-state index in [4.69, 9.17) is 2.74 Å². The molecule has 2 heterocycles. The molecular formula is C11H17NO. The first-order valence-corrected chi connectivity index (χ1v) is 5.05. The van der Waals surface area contributed by atoms with E-state index >= 15 is 0 Å². The Bertz CT molecular complexity index is 332. The molecule has 2 heteroatoms. The van der Waals surface area contributed by atoms with Gasteiger partial charge in [0.2, 0.25) is 0 Å². The summed E-state index contributed by atoms with van der Waals surface area (Å²) in [6, 6.07) is 0. The van der Waals surface area contributed by atoms with Crippen molar-refractivity contribution in [1.29, 1.82) is 0 Å². The van der Waals surface area contributed by atoms with E-state index in [1.807, 2.05) is 0 Å². The lowest BCUT2D eigenvalue weighted by molar-refractivity contribution is 0.0574. The van der Waals surface area contributed by atoms with Gasteiger partial charge in [-0.25, -0.2) is 0 Å². The average Bonchev–Trinajstić information content (AvgIpc) is 2.71. The molecule has 1 atom stereocenters. The maximum absolute atomic E-state index is 9.92. The molecule has 0 amide bonds. The van der Waals surface area contributed by atoms with Gasteiger partial charge in [-0.3, -0.25) is 4.90 Å². The zero-order valence-electron chi connectivity index (χ0n) is 9.84. The van der Waals surface area contributed by atoms with Gasteiger partial charge in [0.25, 0.3) is 0 Å². The Balaban J connectivity index is 2.10. The van der Waals surface area contributed by atoms with Crippen LogP contribution in [0.25, 0.3) is 0 Å². The van der Waals surface area contributed by atoms with Crippen LogP contribution in [0.4, 0.5) is 0 Å². The first-order valence-electron chi connectivity index (χ1n) is 6.05. The summed E-state index contributed by atoms with van der Waals surface area (Å²) in [5.41, 5.74) is 0.459. The van der Waals surface area contributed by atoms with Crippen molar-refractivity contribution in [3.63, 3.8) is 0 Å². The van der Waals surface area contributed by atoms with Gasteiger partial charge in [-0.05, 0) is 37.6 Å². The second kappa shape index (κ2) is 2.18. The van der Waals surface area contributed by atoms with Gasteiger partial charge in [0.15, 0.2) is 0 Å². The molecule has 3 rings (SSSR count). The lowest BCUT2D eigenvalue weighted by Crippen LogP contribution is -2.47. The van der Waals surface area contributed by atoms with Crippen LogP contribution in [0.1, 0.15) is 28.4 Å². The Kier molecular flexibility index (Phi) is 1.04. The van der Waals surface area contributed by atoms with Gasteiger partial charge >= 0.3 is 0 Å². The molecule has 2 saturated heterocycles. The molecule has 0 radical (unpaired) electrons. The molecular weight excluding hydrogens is 162 g/mol. The lowest BCUT2D eigenvalue weighted by atomic mass is 9.80. The molecule has 0 unspecified atom stereocenters. The molecule has 1 N–H and O–H groups in total. The van der Waals surface area contributed by atoms with Crippen LogP contribution in [0.15, 0.2) is 12.2 Å². The fraction of sp³-hybridized carbons (Fsp3) is 0.818. The van der Waals surface area contributed by atoms with Crippen LogP contribution in [-0.2, 0) is 0 Å². The van der Waals surface area contributed by atoms with Gasteiger partial charge in [0.1, 0.15) is 0 Å². The molecule has 0 aromatic heterocycles. The molecule has 13 heavy (non-hydrogen) atoms. The first-order chi connectivity index (χ1) is 6.91. The Morgan fingerprint density at radius 2 is 2.31 bits per heavy atom. The monoisotopic (exact) mass is 181 g/mol. The highest BCUT2D eigenvalue weighted by molar-refractivity contribution is 5.27. The van der Waals surface area contributed by atoms with Crippen molar-refractivity contribution in [1.82, 2.24) is 4.90 Å². The summed E-state index contributed by atoms with van der Waals surface area (Å²) in [5, 5.41) is 9.92. The van der Waals surface area contributed by atoms with E-state index in [1.54, 1.807) is 0 Å². The van der Waals surface area contributed by atoms with Gasteiger partial charge in [0.05, 0.1) is 14.8 Å². The van der Waals surface area contributed by atoms with Crippen molar-refractivity contribution in [3.8, 4) is 0 Å². The third-order valence-corrected chi connectivity index (χ3v) is 4.24. The Morgan fingerprint density at radius 1 is 1.54 bits per heavy atom. The van der Waals surface area contributed by atoms with E-state index in [9.17, 15) is 5.11 Å². The predicted octanol–water partition coefficient (Wildman–Crippen LogP) is 1.16. The predicted molar refractivity (Wildman–Crippen MR) is 51.4 cm³/mol. The molecule has 0 bridgehead atoms. The number of nitrogens with zero attached hydrogens (tertiary/aromatic N) is 1. The van der Waals surface area contributed by atoms with Crippen molar-refractivity contribution < 1.29 is 7.85 Å². The fourth-order valence-corrected chi connectivity index (χ4v) is 3.33. The second-order valence-electron chi connectivity index (χ2n) is 4.85. The van der Waals surface area contributed by atoms with E-state index < -0.39 is 12.1 Å². The van der Waals surface area contributed by atoms with Gasteiger partial charge in [-0.15, -0.1) is 0 Å². The van der Waals surface area contributed by atoms with Crippen LogP contribution >= 0.6 is 0 Å². The largest absolute Gasteiger partial charge is 0.394 e.